The van der Waals surface area contributed by atoms with Crippen LogP contribution in [-0.2, 0) is 4.79 Å². The van der Waals surface area contributed by atoms with Gasteiger partial charge in [0.1, 0.15) is 5.66 Å². The van der Waals surface area contributed by atoms with Crippen molar-refractivity contribution in [2.24, 2.45) is 10.9 Å². The molecule has 1 heterocycles. The monoisotopic (exact) mass is 264 g/mol. The summed E-state index contributed by atoms with van der Waals surface area (Å²) in [6.45, 7) is 8.21. The van der Waals surface area contributed by atoms with E-state index >= 15 is 0 Å². The van der Waals surface area contributed by atoms with Crippen LogP contribution in [0.2, 0.25) is 0 Å². The first-order valence-corrected chi connectivity index (χ1v) is 6.99. The lowest BCUT2D eigenvalue weighted by atomic mass is 9.90. The summed E-state index contributed by atoms with van der Waals surface area (Å²) in [4.78, 5) is 15.8. The minimum absolute atomic E-state index is 0.0132. The topological polar surface area (TPSA) is 61.7 Å². The molecular formula is C15H24N2O2. The van der Waals surface area contributed by atoms with Crippen molar-refractivity contribution in [3.63, 3.8) is 0 Å². The molecule has 0 aromatic rings. The Morgan fingerprint density at radius 2 is 2.21 bits per heavy atom. The van der Waals surface area contributed by atoms with Gasteiger partial charge in [-0.15, -0.1) is 0 Å². The van der Waals surface area contributed by atoms with Crippen molar-refractivity contribution in [3.05, 3.63) is 11.6 Å². The molecule has 0 bridgehead atoms. The smallest absolute Gasteiger partial charge is 0.331 e. The maximum Gasteiger partial charge on any atom is 0.331 e. The van der Waals surface area contributed by atoms with Crippen LogP contribution in [0.15, 0.2) is 16.6 Å². The summed E-state index contributed by atoms with van der Waals surface area (Å²) in [7, 11) is 0. The van der Waals surface area contributed by atoms with Crippen LogP contribution in [0, 0.1) is 5.92 Å². The van der Waals surface area contributed by atoms with Gasteiger partial charge in [0.2, 0.25) is 0 Å². The highest BCUT2D eigenvalue weighted by Crippen LogP contribution is 2.38. The highest BCUT2D eigenvalue weighted by Gasteiger charge is 2.37. The number of carbonyl (C=O) groups is 1. The quantitative estimate of drug-likeness (QED) is 0.802. The minimum atomic E-state index is -0.845. The average Bonchev–Trinajstić information content (AvgIpc) is 2.96. The van der Waals surface area contributed by atoms with Gasteiger partial charge < -0.3 is 5.11 Å². The zero-order valence-electron chi connectivity index (χ0n) is 12.3. The number of aliphatic imine (C=N–C) groups is 1. The number of hydrogen-bond donors (Lipinski definition) is 2. The predicted octanol–water partition coefficient (Wildman–Crippen LogP) is 2.75. The van der Waals surface area contributed by atoms with Crippen LogP contribution in [-0.4, -0.2) is 28.0 Å². The molecule has 0 radical (unpaired) electrons. The normalized spacial score (nSPS) is 27.8. The molecular weight excluding hydrogens is 240 g/mol. The van der Waals surface area contributed by atoms with Crippen LogP contribution < -0.4 is 5.32 Å². The molecule has 2 aliphatic rings. The molecule has 1 unspecified atom stereocenters. The number of nitrogens with zero attached hydrogens (tertiary/aromatic N) is 1. The highest BCUT2D eigenvalue weighted by molar-refractivity contribution is 6.01. The molecule has 4 nitrogen and oxygen atoms in total. The number of allylic oxidation sites excluding steroid dienone is 1. The summed E-state index contributed by atoms with van der Waals surface area (Å²) in [5.41, 5.74) is 0.691. The van der Waals surface area contributed by atoms with E-state index in [-0.39, 0.29) is 5.54 Å². The summed E-state index contributed by atoms with van der Waals surface area (Å²) in [5, 5.41) is 12.8. The molecule has 2 N–H and O–H groups in total. The lowest BCUT2D eigenvalue weighted by Crippen LogP contribution is -2.54. The summed E-state index contributed by atoms with van der Waals surface area (Å²) in [5.74, 6) is -0.0171. The van der Waals surface area contributed by atoms with Gasteiger partial charge in [0.15, 0.2) is 0 Å². The van der Waals surface area contributed by atoms with E-state index in [1.165, 1.54) is 12.8 Å². The third kappa shape index (κ3) is 3.90. The van der Waals surface area contributed by atoms with Gasteiger partial charge in [0.25, 0.3) is 0 Å². The lowest BCUT2D eigenvalue weighted by Gasteiger charge is -2.39. The van der Waals surface area contributed by atoms with Crippen LogP contribution in [0.5, 0.6) is 0 Å². The van der Waals surface area contributed by atoms with Crippen LogP contribution in [0.1, 0.15) is 53.4 Å². The minimum Gasteiger partial charge on any atom is -0.478 e. The Morgan fingerprint density at radius 3 is 2.74 bits per heavy atom. The van der Waals surface area contributed by atoms with Gasteiger partial charge in [0, 0.05) is 23.2 Å². The molecule has 1 saturated carbocycles. The molecule has 0 aromatic heterocycles. The van der Waals surface area contributed by atoms with E-state index in [2.05, 4.69) is 24.2 Å². The SMILES string of the molecule is CC1=NC(C)(NC(C)(C)CC2CC2)CC(C(=O)O)=C1. The molecule has 0 amide bonds. The van der Waals surface area contributed by atoms with Crippen molar-refractivity contribution in [1.29, 1.82) is 0 Å². The fraction of sp³-hybridized carbons (Fsp3) is 0.733. The summed E-state index contributed by atoms with van der Waals surface area (Å²) < 4.78 is 0. The van der Waals surface area contributed by atoms with Crippen LogP contribution >= 0.6 is 0 Å². The van der Waals surface area contributed by atoms with E-state index in [4.69, 9.17) is 0 Å². The van der Waals surface area contributed by atoms with Gasteiger partial charge in [-0.3, -0.25) is 10.3 Å². The molecule has 19 heavy (non-hydrogen) atoms. The summed E-state index contributed by atoms with van der Waals surface area (Å²) in [6.07, 6.45) is 5.88. The molecule has 106 valence electrons. The van der Waals surface area contributed by atoms with Crippen molar-refractivity contribution >= 4 is 11.7 Å². The van der Waals surface area contributed by atoms with Gasteiger partial charge in [-0.25, -0.2) is 4.79 Å². The lowest BCUT2D eigenvalue weighted by molar-refractivity contribution is -0.133. The second-order valence-corrected chi connectivity index (χ2v) is 6.83. The second-order valence-electron chi connectivity index (χ2n) is 6.83. The number of aliphatic carboxylic acids is 1. The predicted molar refractivity (Wildman–Crippen MR) is 76.4 cm³/mol. The molecule has 1 aliphatic carbocycles. The molecule has 2 rings (SSSR count). The Morgan fingerprint density at radius 1 is 1.58 bits per heavy atom. The Bertz CT molecular complexity index is 447. The number of carboxylic acids is 1. The Balaban J connectivity index is 2.10. The maximum absolute atomic E-state index is 11.2. The molecule has 0 saturated heterocycles. The van der Waals surface area contributed by atoms with Crippen molar-refractivity contribution < 1.29 is 9.90 Å². The molecule has 0 spiro atoms. The van der Waals surface area contributed by atoms with E-state index < -0.39 is 11.6 Å². The van der Waals surface area contributed by atoms with Crippen molar-refractivity contribution in [3.8, 4) is 0 Å². The fourth-order valence-corrected chi connectivity index (χ4v) is 3.17. The number of nitrogens with one attached hydrogen (secondary N) is 1. The first kappa shape index (κ1) is 14.3. The number of rotatable bonds is 5. The van der Waals surface area contributed by atoms with Crippen molar-refractivity contribution in [2.45, 2.75) is 64.6 Å². The summed E-state index contributed by atoms with van der Waals surface area (Å²) in [6, 6.07) is 0. The average molecular weight is 264 g/mol. The zero-order chi connectivity index (χ0) is 14.3. The third-order valence-corrected chi connectivity index (χ3v) is 3.72. The molecule has 1 aliphatic heterocycles. The van der Waals surface area contributed by atoms with Crippen molar-refractivity contribution in [1.82, 2.24) is 5.32 Å². The van der Waals surface area contributed by atoms with E-state index in [0.717, 1.165) is 18.1 Å². The Hall–Kier alpha value is -1.16. The second kappa shape index (κ2) is 4.75. The van der Waals surface area contributed by atoms with E-state index in [1.54, 1.807) is 6.08 Å². The Kier molecular flexibility index (Phi) is 3.56. The van der Waals surface area contributed by atoms with Crippen LogP contribution in [0.4, 0.5) is 0 Å². The number of dihydropyridines is 1. The van der Waals surface area contributed by atoms with E-state index in [9.17, 15) is 9.90 Å². The third-order valence-electron chi connectivity index (χ3n) is 3.72. The van der Waals surface area contributed by atoms with Gasteiger partial charge in [0.05, 0.1) is 0 Å². The molecule has 0 aromatic carbocycles. The Labute approximate surface area is 115 Å². The van der Waals surface area contributed by atoms with Crippen molar-refractivity contribution in [2.75, 3.05) is 0 Å². The zero-order valence-corrected chi connectivity index (χ0v) is 12.3. The maximum atomic E-state index is 11.2. The van der Waals surface area contributed by atoms with E-state index in [1.807, 2.05) is 13.8 Å². The van der Waals surface area contributed by atoms with Crippen LogP contribution in [0.25, 0.3) is 0 Å². The first-order chi connectivity index (χ1) is 8.69. The summed E-state index contributed by atoms with van der Waals surface area (Å²) >= 11 is 0. The first-order valence-electron chi connectivity index (χ1n) is 6.99. The molecule has 1 atom stereocenters. The number of carboxylic acid groups (broad SMARTS) is 1. The highest BCUT2D eigenvalue weighted by atomic mass is 16.4. The van der Waals surface area contributed by atoms with Gasteiger partial charge in [-0.2, -0.15) is 0 Å². The van der Waals surface area contributed by atoms with Crippen LogP contribution in [0.3, 0.4) is 0 Å². The van der Waals surface area contributed by atoms with Gasteiger partial charge in [-0.05, 0) is 46.1 Å². The van der Waals surface area contributed by atoms with Gasteiger partial charge >= 0.3 is 5.97 Å². The van der Waals surface area contributed by atoms with E-state index in [0.29, 0.717) is 12.0 Å². The molecule has 1 fully saturated rings. The molecule has 4 heteroatoms. The van der Waals surface area contributed by atoms with Gasteiger partial charge in [-0.1, -0.05) is 12.8 Å². The fourth-order valence-electron chi connectivity index (χ4n) is 3.17. The largest absolute Gasteiger partial charge is 0.478 e. The number of hydrogen-bond acceptors (Lipinski definition) is 3. The standard InChI is InChI=1S/C15H24N2O2/c1-10-7-12(13(18)19)9-15(4,16-10)17-14(2,3)8-11-5-6-11/h7,11,17H,5-6,8-9H2,1-4H3,(H,18,19).